The number of fused-ring (bicyclic) bond motifs is 1. The molecule has 2 rings (SSSR count). The molecule has 1 heterocycles. The van der Waals surface area contributed by atoms with E-state index in [1.54, 1.807) is 0 Å². The van der Waals surface area contributed by atoms with Crippen molar-refractivity contribution in [2.45, 2.75) is 32.0 Å². The van der Waals surface area contributed by atoms with E-state index in [0.717, 1.165) is 13.1 Å². The van der Waals surface area contributed by atoms with Crippen LogP contribution in [0.2, 0.25) is 0 Å². The highest BCUT2D eigenvalue weighted by Gasteiger charge is 2.55. The predicted octanol–water partition coefficient (Wildman–Crippen LogP) is 0.316. The summed E-state index contributed by atoms with van der Waals surface area (Å²) < 4.78 is 0. The van der Waals surface area contributed by atoms with Crippen LogP contribution in [0.25, 0.3) is 0 Å². The van der Waals surface area contributed by atoms with E-state index in [4.69, 9.17) is 0 Å². The number of aliphatic hydroxyl groups is 2. The van der Waals surface area contributed by atoms with Crippen LogP contribution >= 0.6 is 0 Å². The summed E-state index contributed by atoms with van der Waals surface area (Å²) in [5, 5.41) is 20.4. The van der Waals surface area contributed by atoms with Gasteiger partial charge >= 0.3 is 0 Å². The van der Waals surface area contributed by atoms with Crippen LogP contribution < -0.4 is 0 Å². The van der Waals surface area contributed by atoms with Crippen molar-refractivity contribution in [1.29, 1.82) is 0 Å². The van der Waals surface area contributed by atoms with Gasteiger partial charge in [-0.2, -0.15) is 0 Å². The van der Waals surface area contributed by atoms with Crippen molar-refractivity contribution < 1.29 is 10.2 Å². The van der Waals surface area contributed by atoms with Crippen LogP contribution in [-0.2, 0) is 0 Å². The maximum absolute atomic E-state index is 10.6. The van der Waals surface area contributed by atoms with Crippen LogP contribution in [-0.4, -0.2) is 47.0 Å². The van der Waals surface area contributed by atoms with E-state index in [2.05, 4.69) is 25.8 Å². The number of likely N-dealkylation sites (tertiary alicyclic amines) is 1. The third-order valence-corrected chi connectivity index (χ3v) is 4.37. The first-order valence-electron chi connectivity index (χ1n) is 5.54. The Hall–Kier alpha value is -0.120. The first-order chi connectivity index (χ1) is 6.45. The molecular formula is C11H21NO2. The molecule has 3 nitrogen and oxygen atoms in total. The topological polar surface area (TPSA) is 43.7 Å². The van der Waals surface area contributed by atoms with Gasteiger partial charge in [0.05, 0.1) is 11.7 Å². The second kappa shape index (κ2) is 3.19. The highest BCUT2D eigenvalue weighted by atomic mass is 16.3. The molecule has 0 aromatic rings. The molecule has 1 aliphatic heterocycles. The van der Waals surface area contributed by atoms with E-state index >= 15 is 0 Å². The Morgan fingerprint density at radius 2 is 1.93 bits per heavy atom. The second-order valence-electron chi connectivity index (χ2n) is 5.35. The fraction of sp³-hybridized carbons (Fsp3) is 1.00. The van der Waals surface area contributed by atoms with E-state index < -0.39 is 5.60 Å². The number of aliphatic hydroxyl groups excluding tert-OH is 1. The molecule has 14 heavy (non-hydrogen) atoms. The van der Waals surface area contributed by atoms with Crippen LogP contribution in [0.15, 0.2) is 0 Å². The van der Waals surface area contributed by atoms with Gasteiger partial charge in [0.25, 0.3) is 0 Å². The Kier molecular flexibility index (Phi) is 2.37. The molecule has 2 N–H and O–H groups in total. The van der Waals surface area contributed by atoms with Crippen LogP contribution in [0.5, 0.6) is 0 Å². The fourth-order valence-electron chi connectivity index (χ4n) is 3.32. The quantitative estimate of drug-likeness (QED) is 0.590. The van der Waals surface area contributed by atoms with Gasteiger partial charge in [0.15, 0.2) is 0 Å². The normalized spacial score (nSPS) is 54.6. The lowest BCUT2D eigenvalue weighted by Crippen LogP contribution is -2.54. The molecule has 0 aromatic heterocycles. The Morgan fingerprint density at radius 1 is 1.29 bits per heavy atom. The highest BCUT2D eigenvalue weighted by molar-refractivity contribution is 5.06. The smallest absolute Gasteiger partial charge is 0.0753 e. The third-order valence-electron chi connectivity index (χ3n) is 4.37. The van der Waals surface area contributed by atoms with Crippen molar-refractivity contribution in [3.05, 3.63) is 0 Å². The number of nitrogens with zero attached hydrogens (tertiary/aromatic N) is 1. The van der Waals surface area contributed by atoms with Gasteiger partial charge in [0, 0.05) is 25.4 Å². The molecule has 0 amide bonds. The number of hydrogen-bond donors (Lipinski definition) is 2. The Labute approximate surface area is 85.7 Å². The average Bonchev–Trinajstić information content (AvgIpc) is 2.30. The van der Waals surface area contributed by atoms with E-state index in [1.807, 2.05) is 0 Å². The molecule has 0 aromatic carbocycles. The van der Waals surface area contributed by atoms with Gasteiger partial charge in [-0.3, -0.25) is 0 Å². The molecule has 0 unspecified atom stereocenters. The molecule has 2 fully saturated rings. The first kappa shape index (κ1) is 10.4. The van der Waals surface area contributed by atoms with Gasteiger partial charge in [0.2, 0.25) is 0 Å². The molecule has 82 valence electrons. The zero-order valence-corrected chi connectivity index (χ0v) is 9.27. The largest absolute Gasteiger partial charge is 0.393 e. The fourth-order valence-corrected chi connectivity index (χ4v) is 3.32. The minimum absolute atomic E-state index is 0.227. The Balaban J connectivity index is 2.25. The molecule has 2 aliphatic rings. The summed E-state index contributed by atoms with van der Waals surface area (Å²) in [6, 6.07) is 0. The van der Waals surface area contributed by atoms with E-state index in [-0.39, 0.29) is 23.9 Å². The van der Waals surface area contributed by atoms with Gasteiger partial charge in [-0.05, 0) is 18.9 Å². The van der Waals surface area contributed by atoms with Crippen molar-refractivity contribution in [2.75, 3.05) is 20.1 Å². The third kappa shape index (κ3) is 1.30. The summed E-state index contributed by atoms with van der Waals surface area (Å²) in [7, 11) is 2.09. The molecule has 3 heteroatoms. The Morgan fingerprint density at radius 3 is 2.57 bits per heavy atom. The summed E-state index contributed by atoms with van der Waals surface area (Å²) >= 11 is 0. The summed E-state index contributed by atoms with van der Waals surface area (Å²) in [5.74, 6) is 0.738. The van der Waals surface area contributed by atoms with Gasteiger partial charge < -0.3 is 15.1 Å². The molecule has 1 saturated carbocycles. The van der Waals surface area contributed by atoms with Crippen molar-refractivity contribution in [3.63, 3.8) is 0 Å². The zero-order valence-electron chi connectivity index (χ0n) is 9.27. The van der Waals surface area contributed by atoms with Crippen LogP contribution in [0, 0.1) is 17.8 Å². The van der Waals surface area contributed by atoms with Crippen molar-refractivity contribution in [3.8, 4) is 0 Å². The summed E-state index contributed by atoms with van der Waals surface area (Å²) in [6.07, 6.45) is 0.243. The SMILES string of the molecule is C[C@@H]1[C@H](O)C[C@@]2(O)[C@@H](C)CN(C)C[C@@H]12. The maximum Gasteiger partial charge on any atom is 0.0753 e. The van der Waals surface area contributed by atoms with E-state index in [1.165, 1.54) is 0 Å². The summed E-state index contributed by atoms with van der Waals surface area (Å²) in [4.78, 5) is 2.26. The predicted molar refractivity (Wildman–Crippen MR) is 54.9 cm³/mol. The summed E-state index contributed by atoms with van der Waals surface area (Å²) in [5.41, 5.74) is -0.620. The number of hydrogen-bond acceptors (Lipinski definition) is 3. The molecule has 0 spiro atoms. The van der Waals surface area contributed by atoms with E-state index in [9.17, 15) is 10.2 Å². The van der Waals surface area contributed by atoms with Gasteiger partial charge in [0.1, 0.15) is 0 Å². The van der Waals surface area contributed by atoms with Gasteiger partial charge in [-0.15, -0.1) is 0 Å². The monoisotopic (exact) mass is 199 g/mol. The maximum atomic E-state index is 10.6. The Bertz CT molecular complexity index is 233. The second-order valence-corrected chi connectivity index (χ2v) is 5.35. The lowest BCUT2D eigenvalue weighted by molar-refractivity contribution is -0.0967. The molecule has 1 saturated heterocycles. The molecule has 1 aliphatic carbocycles. The zero-order chi connectivity index (χ0) is 10.5. The van der Waals surface area contributed by atoms with Crippen molar-refractivity contribution >= 4 is 0 Å². The van der Waals surface area contributed by atoms with Crippen LogP contribution in [0.3, 0.4) is 0 Å². The molecule has 5 atom stereocenters. The highest BCUT2D eigenvalue weighted by Crippen LogP contribution is 2.47. The lowest BCUT2D eigenvalue weighted by Gasteiger charge is -2.45. The molecule has 0 radical (unpaired) electrons. The standard InChI is InChI=1S/C11H21NO2/c1-7-5-12(3)6-9-8(2)10(13)4-11(7,9)14/h7-10,13-14H,4-6H2,1-3H3/t7-,8-,9-,10+,11+/m0/s1. The van der Waals surface area contributed by atoms with Crippen molar-refractivity contribution in [1.82, 2.24) is 4.90 Å². The van der Waals surface area contributed by atoms with Crippen LogP contribution in [0.1, 0.15) is 20.3 Å². The minimum atomic E-state index is -0.620. The minimum Gasteiger partial charge on any atom is -0.393 e. The number of piperidine rings is 1. The van der Waals surface area contributed by atoms with E-state index in [0.29, 0.717) is 6.42 Å². The average molecular weight is 199 g/mol. The van der Waals surface area contributed by atoms with Crippen LogP contribution in [0.4, 0.5) is 0 Å². The van der Waals surface area contributed by atoms with Crippen molar-refractivity contribution in [2.24, 2.45) is 17.8 Å². The van der Waals surface area contributed by atoms with Gasteiger partial charge in [-0.25, -0.2) is 0 Å². The lowest BCUT2D eigenvalue weighted by atomic mass is 9.74. The molecular weight excluding hydrogens is 178 g/mol. The number of rotatable bonds is 0. The van der Waals surface area contributed by atoms with Gasteiger partial charge in [-0.1, -0.05) is 13.8 Å². The summed E-state index contributed by atoms with van der Waals surface area (Å²) in [6.45, 7) is 6.00. The first-order valence-corrected chi connectivity index (χ1v) is 5.54. The molecule has 0 bridgehead atoms.